The number of hydrogen-bond donors (Lipinski definition) is 0. The average Bonchev–Trinajstić information content (AvgIpc) is 2.55. The van der Waals surface area contributed by atoms with E-state index < -0.39 is 10.0 Å². The summed E-state index contributed by atoms with van der Waals surface area (Å²) < 4.78 is 27.7. The third-order valence-corrected chi connectivity index (χ3v) is 6.57. The Labute approximate surface area is 146 Å². The van der Waals surface area contributed by atoms with E-state index in [2.05, 4.69) is 20.8 Å². The van der Waals surface area contributed by atoms with E-state index in [1.807, 2.05) is 56.3 Å². The molecule has 0 fully saturated rings. The average molecular weight is 346 g/mol. The first-order valence-corrected chi connectivity index (χ1v) is 9.84. The molecule has 2 aromatic rings. The molecule has 0 unspecified atom stereocenters. The van der Waals surface area contributed by atoms with Crippen molar-refractivity contribution in [2.45, 2.75) is 57.4 Å². The van der Waals surface area contributed by atoms with E-state index in [1.54, 1.807) is 12.1 Å². The normalized spacial score (nSPS) is 12.4. The lowest BCUT2D eigenvalue weighted by atomic mass is 9.82. The van der Waals surface area contributed by atoms with Crippen LogP contribution in [0.5, 0.6) is 0 Å². The predicted octanol–water partition coefficient (Wildman–Crippen LogP) is 4.98. The predicted molar refractivity (Wildman–Crippen MR) is 101 cm³/mol. The van der Waals surface area contributed by atoms with Crippen LogP contribution in [-0.2, 0) is 15.4 Å². The van der Waals surface area contributed by atoms with Gasteiger partial charge in [0.2, 0.25) is 0 Å². The SMILES string of the molecule is CCC(C)(C)c1ccc(S(=O)(=O)N(c2ccccc2)C(C)C)cc1. The molecule has 0 bridgehead atoms. The largest absolute Gasteiger partial charge is 0.264 e. The molecule has 0 aliphatic heterocycles. The Morgan fingerprint density at radius 1 is 0.958 bits per heavy atom. The van der Waals surface area contributed by atoms with Gasteiger partial charge in [-0.1, -0.05) is 51.1 Å². The van der Waals surface area contributed by atoms with Crippen LogP contribution >= 0.6 is 0 Å². The summed E-state index contributed by atoms with van der Waals surface area (Å²) in [5.74, 6) is 0. The Kier molecular flexibility index (Phi) is 5.38. The molecule has 0 aliphatic rings. The summed E-state index contributed by atoms with van der Waals surface area (Å²) in [7, 11) is -3.59. The molecule has 4 heteroatoms. The second-order valence-electron chi connectivity index (χ2n) is 6.99. The van der Waals surface area contributed by atoms with Crippen molar-refractivity contribution >= 4 is 15.7 Å². The van der Waals surface area contributed by atoms with Gasteiger partial charge >= 0.3 is 0 Å². The van der Waals surface area contributed by atoms with Crippen LogP contribution in [0, 0.1) is 0 Å². The van der Waals surface area contributed by atoms with Gasteiger partial charge < -0.3 is 0 Å². The molecule has 2 rings (SSSR count). The minimum absolute atomic E-state index is 0.0411. The van der Waals surface area contributed by atoms with Crippen LogP contribution in [-0.4, -0.2) is 14.5 Å². The number of rotatable bonds is 6. The van der Waals surface area contributed by atoms with E-state index in [-0.39, 0.29) is 11.5 Å². The molecule has 0 amide bonds. The Morgan fingerprint density at radius 2 is 1.50 bits per heavy atom. The zero-order chi connectivity index (χ0) is 18.0. The molecule has 3 nitrogen and oxygen atoms in total. The molecule has 24 heavy (non-hydrogen) atoms. The van der Waals surface area contributed by atoms with Gasteiger partial charge in [-0.05, 0) is 55.5 Å². The van der Waals surface area contributed by atoms with E-state index >= 15 is 0 Å². The number of anilines is 1. The molecular weight excluding hydrogens is 318 g/mol. The lowest BCUT2D eigenvalue weighted by Crippen LogP contribution is -2.37. The van der Waals surface area contributed by atoms with E-state index in [1.165, 1.54) is 4.31 Å². The molecule has 0 heterocycles. The fraction of sp³-hybridized carbons (Fsp3) is 0.400. The lowest BCUT2D eigenvalue weighted by Gasteiger charge is -2.29. The van der Waals surface area contributed by atoms with Gasteiger partial charge in [0.25, 0.3) is 10.0 Å². The molecular formula is C20H27NO2S. The minimum atomic E-state index is -3.59. The third kappa shape index (κ3) is 3.64. The van der Waals surface area contributed by atoms with Gasteiger partial charge in [0.1, 0.15) is 0 Å². The summed E-state index contributed by atoms with van der Waals surface area (Å²) in [6.07, 6.45) is 1.00. The standard InChI is InChI=1S/C20H27NO2S/c1-6-20(4,5)17-12-14-19(15-13-17)24(22,23)21(16(2)3)18-10-8-7-9-11-18/h7-16H,6H2,1-5H3. The van der Waals surface area contributed by atoms with Crippen molar-refractivity contribution in [3.8, 4) is 0 Å². The van der Waals surface area contributed by atoms with Crippen molar-refractivity contribution in [2.75, 3.05) is 4.31 Å². The number of para-hydroxylation sites is 1. The molecule has 0 atom stereocenters. The summed E-state index contributed by atoms with van der Waals surface area (Å²) in [4.78, 5) is 0.329. The number of nitrogens with zero attached hydrogens (tertiary/aromatic N) is 1. The summed E-state index contributed by atoms with van der Waals surface area (Å²) in [5, 5.41) is 0. The molecule has 0 saturated heterocycles. The van der Waals surface area contributed by atoms with Crippen LogP contribution < -0.4 is 4.31 Å². The summed E-state index contributed by atoms with van der Waals surface area (Å²) >= 11 is 0. The summed E-state index contributed by atoms with van der Waals surface area (Å²) in [5.41, 5.74) is 1.88. The molecule has 0 spiro atoms. The molecule has 0 radical (unpaired) electrons. The maximum absolute atomic E-state index is 13.1. The minimum Gasteiger partial charge on any atom is -0.264 e. The van der Waals surface area contributed by atoms with Crippen molar-refractivity contribution in [3.05, 3.63) is 60.2 Å². The Hall–Kier alpha value is -1.81. The highest BCUT2D eigenvalue weighted by molar-refractivity contribution is 7.92. The molecule has 130 valence electrons. The molecule has 2 aromatic carbocycles. The van der Waals surface area contributed by atoms with Crippen LogP contribution in [0.3, 0.4) is 0 Å². The quantitative estimate of drug-likeness (QED) is 0.740. The zero-order valence-corrected chi connectivity index (χ0v) is 16.0. The number of sulfonamides is 1. The van der Waals surface area contributed by atoms with Gasteiger partial charge in [-0.2, -0.15) is 0 Å². The van der Waals surface area contributed by atoms with E-state index in [0.29, 0.717) is 10.6 Å². The van der Waals surface area contributed by atoms with Gasteiger partial charge in [-0.15, -0.1) is 0 Å². The van der Waals surface area contributed by atoms with Gasteiger partial charge in [-0.25, -0.2) is 8.42 Å². The highest BCUT2D eigenvalue weighted by atomic mass is 32.2. The Bertz CT molecular complexity index is 763. The van der Waals surface area contributed by atoms with Crippen LogP contribution in [0.25, 0.3) is 0 Å². The second kappa shape index (κ2) is 6.98. The maximum atomic E-state index is 13.1. The van der Waals surface area contributed by atoms with Crippen molar-refractivity contribution < 1.29 is 8.42 Å². The van der Waals surface area contributed by atoms with Crippen LogP contribution in [0.2, 0.25) is 0 Å². The fourth-order valence-corrected chi connectivity index (χ4v) is 4.35. The third-order valence-electron chi connectivity index (χ3n) is 4.56. The first-order valence-electron chi connectivity index (χ1n) is 8.40. The van der Waals surface area contributed by atoms with Crippen LogP contribution in [0.4, 0.5) is 5.69 Å². The first-order chi connectivity index (χ1) is 11.2. The number of benzene rings is 2. The van der Waals surface area contributed by atoms with E-state index in [4.69, 9.17) is 0 Å². The van der Waals surface area contributed by atoms with Gasteiger partial charge in [0.05, 0.1) is 10.6 Å². The second-order valence-corrected chi connectivity index (χ2v) is 8.81. The highest BCUT2D eigenvalue weighted by Gasteiger charge is 2.28. The van der Waals surface area contributed by atoms with Gasteiger partial charge in [0.15, 0.2) is 0 Å². The van der Waals surface area contributed by atoms with Crippen molar-refractivity contribution in [2.24, 2.45) is 0 Å². The van der Waals surface area contributed by atoms with E-state index in [0.717, 1.165) is 12.0 Å². The Balaban J connectivity index is 2.45. The van der Waals surface area contributed by atoms with Crippen LogP contribution in [0.15, 0.2) is 59.5 Å². The monoisotopic (exact) mass is 345 g/mol. The maximum Gasteiger partial charge on any atom is 0.264 e. The van der Waals surface area contributed by atoms with Crippen LogP contribution in [0.1, 0.15) is 46.6 Å². The van der Waals surface area contributed by atoms with Crippen molar-refractivity contribution in [3.63, 3.8) is 0 Å². The van der Waals surface area contributed by atoms with E-state index in [9.17, 15) is 8.42 Å². The topological polar surface area (TPSA) is 37.4 Å². The molecule has 0 N–H and O–H groups in total. The van der Waals surface area contributed by atoms with Gasteiger partial charge in [0, 0.05) is 6.04 Å². The summed E-state index contributed by atoms with van der Waals surface area (Å²) in [6, 6.07) is 16.4. The zero-order valence-electron chi connectivity index (χ0n) is 15.2. The summed E-state index contributed by atoms with van der Waals surface area (Å²) in [6.45, 7) is 10.3. The van der Waals surface area contributed by atoms with Crippen molar-refractivity contribution in [1.29, 1.82) is 0 Å². The molecule has 0 aromatic heterocycles. The fourth-order valence-electron chi connectivity index (χ4n) is 2.69. The van der Waals surface area contributed by atoms with Gasteiger partial charge in [-0.3, -0.25) is 4.31 Å². The Morgan fingerprint density at radius 3 is 1.96 bits per heavy atom. The van der Waals surface area contributed by atoms with Crippen molar-refractivity contribution in [1.82, 2.24) is 0 Å². The number of hydrogen-bond acceptors (Lipinski definition) is 2. The molecule has 0 aliphatic carbocycles. The lowest BCUT2D eigenvalue weighted by molar-refractivity contribution is 0.505. The molecule has 0 saturated carbocycles. The smallest absolute Gasteiger partial charge is 0.264 e. The first kappa shape index (κ1) is 18.5. The highest BCUT2D eigenvalue weighted by Crippen LogP contribution is 2.30.